The van der Waals surface area contributed by atoms with Gasteiger partial charge in [0.25, 0.3) is 5.91 Å². The van der Waals surface area contributed by atoms with E-state index >= 15 is 0 Å². The Labute approximate surface area is 152 Å². The number of halogens is 3. The number of benzene rings is 1. The van der Waals surface area contributed by atoms with Crippen molar-refractivity contribution >= 4 is 40.1 Å². The number of imidazole rings is 1. The molecule has 0 fully saturated rings. The van der Waals surface area contributed by atoms with Crippen molar-refractivity contribution in [2.75, 3.05) is 6.54 Å². The Morgan fingerprint density at radius 1 is 1.32 bits per heavy atom. The van der Waals surface area contributed by atoms with Crippen LogP contribution in [0, 0.1) is 5.82 Å². The lowest BCUT2D eigenvalue weighted by Crippen LogP contribution is -2.39. The lowest BCUT2D eigenvalue weighted by molar-refractivity contribution is 0.0665. The zero-order valence-electron chi connectivity index (χ0n) is 13.2. The van der Waals surface area contributed by atoms with Crippen LogP contribution in [0.3, 0.4) is 0 Å². The Hall–Kier alpha value is -2.18. The molecule has 25 heavy (non-hydrogen) atoms. The normalized spacial score (nSPS) is 17.0. The van der Waals surface area contributed by atoms with Crippen molar-refractivity contribution in [2.24, 2.45) is 0 Å². The molecule has 1 N–H and O–H groups in total. The number of amides is 1. The van der Waals surface area contributed by atoms with Gasteiger partial charge in [-0.3, -0.25) is 9.78 Å². The van der Waals surface area contributed by atoms with Gasteiger partial charge in [-0.1, -0.05) is 23.2 Å². The Morgan fingerprint density at radius 3 is 2.88 bits per heavy atom. The van der Waals surface area contributed by atoms with Gasteiger partial charge in [-0.2, -0.15) is 0 Å². The van der Waals surface area contributed by atoms with Gasteiger partial charge in [0.05, 0.1) is 16.6 Å². The van der Waals surface area contributed by atoms with Gasteiger partial charge < -0.3 is 9.88 Å². The first kappa shape index (κ1) is 16.3. The third kappa shape index (κ3) is 2.56. The summed E-state index contributed by atoms with van der Waals surface area (Å²) in [6.45, 7) is 2.37. The van der Waals surface area contributed by atoms with Crippen LogP contribution >= 0.6 is 23.2 Å². The van der Waals surface area contributed by atoms with E-state index in [-0.39, 0.29) is 23.3 Å². The largest absolute Gasteiger partial charge is 0.333 e. The summed E-state index contributed by atoms with van der Waals surface area (Å²) >= 11 is 12.4. The zero-order chi connectivity index (χ0) is 17.7. The Balaban J connectivity index is 1.74. The van der Waals surface area contributed by atoms with Crippen molar-refractivity contribution in [3.8, 4) is 0 Å². The van der Waals surface area contributed by atoms with Crippen molar-refractivity contribution < 1.29 is 9.18 Å². The number of H-pyrrole nitrogens is 1. The highest BCUT2D eigenvalue weighted by atomic mass is 35.5. The van der Waals surface area contributed by atoms with Crippen LogP contribution in [-0.2, 0) is 6.42 Å². The minimum Gasteiger partial charge on any atom is -0.333 e. The van der Waals surface area contributed by atoms with E-state index in [0.717, 1.165) is 11.3 Å². The van der Waals surface area contributed by atoms with Crippen LogP contribution in [0.4, 0.5) is 4.39 Å². The number of aromatic amines is 1. The maximum atomic E-state index is 13.9. The number of aromatic nitrogens is 3. The molecule has 0 saturated carbocycles. The second kappa shape index (κ2) is 5.97. The van der Waals surface area contributed by atoms with Crippen LogP contribution < -0.4 is 0 Å². The smallest absolute Gasteiger partial charge is 0.290 e. The van der Waals surface area contributed by atoms with Gasteiger partial charge in [-0.25, -0.2) is 9.37 Å². The van der Waals surface area contributed by atoms with E-state index in [4.69, 9.17) is 23.2 Å². The lowest BCUT2D eigenvalue weighted by Gasteiger charge is -2.34. The Kier molecular flexibility index (Phi) is 3.89. The summed E-state index contributed by atoms with van der Waals surface area (Å²) in [4.78, 5) is 25.9. The molecule has 1 aromatic carbocycles. The third-order valence-electron chi connectivity index (χ3n) is 4.50. The topological polar surface area (TPSA) is 61.9 Å². The van der Waals surface area contributed by atoms with E-state index in [1.807, 2.05) is 6.92 Å². The molecule has 1 aliphatic heterocycles. The Morgan fingerprint density at radius 2 is 2.12 bits per heavy atom. The van der Waals surface area contributed by atoms with Crippen LogP contribution in [0.1, 0.15) is 34.8 Å². The van der Waals surface area contributed by atoms with Crippen molar-refractivity contribution in [1.82, 2.24) is 19.9 Å². The van der Waals surface area contributed by atoms with Crippen LogP contribution in [0.2, 0.25) is 10.0 Å². The number of hydrogen-bond donors (Lipinski definition) is 1. The van der Waals surface area contributed by atoms with Gasteiger partial charge in [0.1, 0.15) is 5.52 Å². The minimum absolute atomic E-state index is 0.0531. The molecule has 1 amide bonds. The molecule has 5 nitrogen and oxygen atoms in total. The molecule has 1 aliphatic rings. The molecule has 3 aromatic rings. The van der Waals surface area contributed by atoms with Gasteiger partial charge in [-0.05, 0) is 25.1 Å². The highest BCUT2D eigenvalue weighted by molar-refractivity contribution is 6.35. The molecule has 1 atom stereocenters. The second-order valence-corrected chi connectivity index (χ2v) is 6.73. The molecule has 2 aromatic heterocycles. The average Bonchev–Trinajstić information content (AvgIpc) is 3.05. The van der Waals surface area contributed by atoms with E-state index in [1.54, 1.807) is 17.2 Å². The van der Waals surface area contributed by atoms with E-state index in [0.29, 0.717) is 28.5 Å². The maximum Gasteiger partial charge on any atom is 0.290 e. The second-order valence-electron chi connectivity index (χ2n) is 5.92. The fourth-order valence-corrected chi connectivity index (χ4v) is 3.77. The third-order valence-corrected chi connectivity index (χ3v) is 5.15. The molecule has 0 bridgehead atoms. The SMILES string of the molecule is CC1c2c(Cl)ccnc2CCN1C(=O)c1nc2c(F)ccc(Cl)c2[nH]1. The quantitative estimate of drug-likeness (QED) is 0.691. The minimum atomic E-state index is -0.529. The van der Waals surface area contributed by atoms with Crippen LogP contribution in [-0.4, -0.2) is 32.3 Å². The van der Waals surface area contributed by atoms with E-state index in [1.165, 1.54) is 12.1 Å². The highest BCUT2D eigenvalue weighted by Gasteiger charge is 2.32. The number of fused-ring (bicyclic) bond motifs is 2. The summed E-state index contributed by atoms with van der Waals surface area (Å²) in [5.74, 6) is -0.805. The summed E-state index contributed by atoms with van der Waals surface area (Å²) in [6, 6.07) is 4.11. The summed E-state index contributed by atoms with van der Waals surface area (Å²) in [7, 11) is 0. The number of nitrogens with one attached hydrogen (secondary N) is 1. The van der Waals surface area contributed by atoms with Gasteiger partial charge in [0, 0.05) is 35.4 Å². The fourth-order valence-electron chi connectivity index (χ4n) is 3.25. The number of carbonyl (C=O) groups excluding carboxylic acids is 1. The average molecular weight is 379 g/mol. The molecule has 8 heteroatoms. The first-order valence-electron chi connectivity index (χ1n) is 7.75. The molecule has 0 spiro atoms. The van der Waals surface area contributed by atoms with Gasteiger partial charge >= 0.3 is 0 Å². The predicted octanol–water partition coefficient (Wildman–Crippen LogP) is 4.16. The summed E-state index contributed by atoms with van der Waals surface area (Å²) < 4.78 is 13.9. The van der Waals surface area contributed by atoms with Crippen molar-refractivity contribution in [3.05, 3.63) is 57.3 Å². The number of hydrogen-bond acceptors (Lipinski definition) is 3. The Bertz CT molecular complexity index is 965. The fraction of sp³-hybridized carbons (Fsp3) is 0.235. The van der Waals surface area contributed by atoms with Crippen molar-refractivity contribution in [3.63, 3.8) is 0 Å². The standard InChI is InChI=1S/C17H13Cl2FN4O/c1-8-13-9(18)4-6-21-12(13)5-7-24(8)17(25)16-22-14-10(19)2-3-11(20)15(14)23-16/h2-4,6,8H,5,7H2,1H3,(H,22,23). The molecule has 128 valence electrons. The molecule has 3 heterocycles. The summed E-state index contributed by atoms with van der Waals surface area (Å²) in [5, 5.41) is 0.890. The van der Waals surface area contributed by atoms with Gasteiger partial charge in [0.2, 0.25) is 0 Å². The monoisotopic (exact) mass is 378 g/mol. The molecular weight excluding hydrogens is 366 g/mol. The first-order valence-corrected chi connectivity index (χ1v) is 8.51. The summed E-state index contributed by atoms with van der Waals surface area (Å²) in [6.07, 6.45) is 2.26. The first-order chi connectivity index (χ1) is 12.0. The maximum absolute atomic E-state index is 13.9. The number of pyridine rings is 1. The molecule has 0 aliphatic carbocycles. The van der Waals surface area contributed by atoms with Crippen LogP contribution in [0.5, 0.6) is 0 Å². The number of carbonyl (C=O) groups is 1. The van der Waals surface area contributed by atoms with E-state index < -0.39 is 5.82 Å². The molecule has 1 unspecified atom stereocenters. The summed E-state index contributed by atoms with van der Waals surface area (Å²) in [5.41, 5.74) is 2.10. The van der Waals surface area contributed by atoms with E-state index in [9.17, 15) is 9.18 Å². The number of rotatable bonds is 1. The predicted molar refractivity (Wildman–Crippen MR) is 93.5 cm³/mol. The van der Waals surface area contributed by atoms with Crippen LogP contribution in [0.15, 0.2) is 24.4 Å². The van der Waals surface area contributed by atoms with Crippen molar-refractivity contribution in [2.45, 2.75) is 19.4 Å². The van der Waals surface area contributed by atoms with Gasteiger partial charge in [0.15, 0.2) is 11.6 Å². The number of nitrogens with zero attached hydrogens (tertiary/aromatic N) is 3. The molecule has 4 rings (SSSR count). The van der Waals surface area contributed by atoms with Crippen molar-refractivity contribution in [1.29, 1.82) is 0 Å². The van der Waals surface area contributed by atoms with Gasteiger partial charge in [-0.15, -0.1) is 0 Å². The lowest BCUT2D eigenvalue weighted by atomic mass is 9.98. The molecule has 0 radical (unpaired) electrons. The molecule has 0 saturated heterocycles. The molecular formula is C17H13Cl2FN4O. The zero-order valence-corrected chi connectivity index (χ0v) is 14.7. The van der Waals surface area contributed by atoms with Crippen LogP contribution in [0.25, 0.3) is 11.0 Å². The van der Waals surface area contributed by atoms with E-state index in [2.05, 4.69) is 15.0 Å². The highest BCUT2D eigenvalue weighted by Crippen LogP contribution is 2.34.